The topological polar surface area (TPSA) is 46.9 Å². The van der Waals surface area contributed by atoms with Gasteiger partial charge in [0.15, 0.2) is 0 Å². The standard InChI is InChI=1S/C14H19N3O/c1-4-10(2)15-14(18)9-17-11(3)16-12-7-5-6-8-13(12)17/h5-8,10H,4,9H2,1-3H3,(H,15,18). The average Bonchev–Trinajstić information content (AvgIpc) is 2.66. The highest BCUT2D eigenvalue weighted by molar-refractivity contribution is 5.81. The molecular weight excluding hydrogens is 226 g/mol. The molecule has 4 nitrogen and oxygen atoms in total. The first-order valence-corrected chi connectivity index (χ1v) is 6.33. The molecule has 0 saturated carbocycles. The first kappa shape index (κ1) is 12.6. The number of nitrogens with one attached hydrogen (secondary N) is 1. The third-order valence-corrected chi connectivity index (χ3v) is 3.17. The lowest BCUT2D eigenvalue weighted by atomic mass is 10.2. The van der Waals surface area contributed by atoms with Gasteiger partial charge in [0.1, 0.15) is 12.4 Å². The van der Waals surface area contributed by atoms with Crippen LogP contribution in [-0.2, 0) is 11.3 Å². The van der Waals surface area contributed by atoms with Crippen LogP contribution in [0.3, 0.4) is 0 Å². The van der Waals surface area contributed by atoms with E-state index in [2.05, 4.69) is 17.2 Å². The minimum Gasteiger partial charge on any atom is -0.352 e. The molecule has 0 aliphatic rings. The second-order valence-electron chi connectivity index (χ2n) is 4.61. The molecule has 1 aromatic heterocycles. The Morgan fingerprint density at radius 1 is 1.44 bits per heavy atom. The zero-order valence-electron chi connectivity index (χ0n) is 11.1. The Bertz CT molecular complexity index is 559. The number of para-hydroxylation sites is 2. The number of imidazole rings is 1. The van der Waals surface area contributed by atoms with Gasteiger partial charge in [-0.2, -0.15) is 0 Å². The second kappa shape index (κ2) is 5.21. The van der Waals surface area contributed by atoms with Crippen LogP contribution in [0, 0.1) is 6.92 Å². The first-order chi connectivity index (χ1) is 8.61. The van der Waals surface area contributed by atoms with Crippen molar-refractivity contribution in [1.82, 2.24) is 14.9 Å². The maximum atomic E-state index is 11.9. The highest BCUT2D eigenvalue weighted by atomic mass is 16.2. The molecule has 0 spiro atoms. The van der Waals surface area contributed by atoms with Gasteiger partial charge in [0.2, 0.25) is 5.91 Å². The molecule has 1 unspecified atom stereocenters. The molecule has 1 amide bonds. The van der Waals surface area contributed by atoms with Gasteiger partial charge in [-0.3, -0.25) is 4.79 Å². The normalized spacial score (nSPS) is 12.6. The highest BCUT2D eigenvalue weighted by Crippen LogP contribution is 2.15. The zero-order valence-corrected chi connectivity index (χ0v) is 11.1. The number of aryl methyl sites for hydroxylation is 1. The molecule has 1 atom stereocenters. The van der Waals surface area contributed by atoms with Gasteiger partial charge < -0.3 is 9.88 Å². The molecule has 4 heteroatoms. The molecule has 96 valence electrons. The summed E-state index contributed by atoms with van der Waals surface area (Å²) in [5, 5.41) is 2.97. The van der Waals surface area contributed by atoms with Crippen LogP contribution in [0.15, 0.2) is 24.3 Å². The summed E-state index contributed by atoms with van der Waals surface area (Å²) >= 11 is 0. The van der Waals surface area contributed by atoms with Crippen molar-refractivity contribution in [3.63, 3.8) is 0 Å². The summed E-state index contributed by atoms with van der Waals surface area (Å²) in [6.45, 7) is 6.33. The number of rotatable bonds is 4. The molecule has 1 heterocycles. The monoisotopic (exact) mass is 245 g/mol. The predicted molar refractivity (Wildman–Crippen MR) is 72.4 cm³/mol. The van der Waals surface area contributed by atoms with Crippen molar-refractivity contribution >= 4 is 16.9 Å². The lowest BCUT2D eigenvalue weighted by Crippen LogP contribution is -2.34. The van der Waals surface area contributed by atoms with Crippen LogP contribution in [0.25, 0.3) is 11.0 Å². The van der Waals surface area contributed by atoms with Gasteiger partial charge in [0.05, 0.1) is 11.0 Å². The molecule has 2 aromatic rings. The largest absolute Gasteiger partial charge is 0.352 e. The number of amides is 1. The van der Waals surface area contributed by atoms with Crippen molar-refractivity contribution in [3.05, 3.63) is 30.1 Å². The quantitative estimate of drug-likeness (QED) is 0.898. The molecule has 1 N–H and O–H groups in total. The van der Waals surface area contributed by atoms with Crippen LogP contribution in [0.1, 0.15) is 26.1 Å². The first-order valence-electron chi connectivity index (χ1n) is 6.33. The molecular formula is C14H19N3O. The molecule has 2 rings (SSSR count). The van der Waals surface area contributed by atoms with Gasteiger partial charge in [-0.1, -0.05) is 19.1 Å². The van der Waals surface area contributed by atoms with Crippen LogP contribution in [0.5, 0.6) is 0 Å². The summed E-state index contributed by atoms with van der Waals surface area (Å²) < 4.78 is 1.95. The lowest BCUT2D eigenvalue weighted by Gasteiger charge is -2.12. The molecule has 0 saturated heterocycles. The van der Waals surface area contributed by atoms with Gasteiger partial charge in [-0.05, 0) is 32.4 Å². The van der Waals surface area contributed by atoms with Crippen LogP contribution in [0.2, 0.25) is 0 Å². The Morgan fingerprint density at radius 3 is 2.89 bits per heavy atom. The second-order valence-corrected chi connectivity index (χ2v) is 4.61. The van der Waals surface area contributed by atoms with Crippen LogP contribution < -0.4 is 5.32 Å². The summed E-state index contributed by atoms with van der Waals surface area (Å²) in [6.07, 6.45) is 0.940. The number of carbonyl (C=O) groups is 1. The third kappa shape index (κ3) is 2.53. The van der Waals surface area contributed by atoms with Crippen LogP contribution >= 0.6 is 0 Å². The number of hydrogen-bond donors (Lipinski definition) is 1. The van der Waals surface area contributed by atoms with E-state index in [9.17, 15) is 4.79 Å². The van der Waals surface area contributed by atoms with Gasteiger partial charge >= 0.3 is 0 Å². The number of aromatic nitrogens is 2. The fourth-order valence-electron chi connectivity index (χ4n) is 1.96. The minimum absolute atomic E-state index is 0.0376. The Kier molecular flexibility index (Phi) is 3.65. The smallest absolute Gasteiger partial charge is 0.240 e. The number of hydrogen-bond acceptors (Lipinski definition) is 2. The number of benzene rings is 1. The molecule has 0 radical (unpaired) electrons. The third-order valence-electron chi connectivity index (χ3n) is 3.17. The summed E-state index contributed by atoms with van der Waals surface area (Å²) in [7, 11) is 0. The average molecular weight is 245 g/mol. The van der Waals surface area contributed by atoms with E-state index in [4.69, 9.17) is 0 Å². The van der Waals surface area contributed by atoms with Gasteiger partial charge in [0, 0.05) is 6.04 Å². The van der Waals surface area contributed by atoms with E-state index in [0.717, 1.165) is 23.3 Å². The van der Waals surface area contributed by atoms with E-state index in [1.807, 2.05) is 42.7 Å². The van der Waals surface area contributed by atoms with E-state index in [0.29, 0.717) is 6.54 Å². The molecule has 0 aliphatic carbocycles. The maximum absolute atomic E-state index is 11.9. The Balaban J connectivity index is 2.21. The van der Waals surface area contributed by atoms with E-state index in [1.165, 1.54) is 0 Å². The lowest BCUT2D eigenvalue weighted by molar-refractivity contribution is -0.122. The molecule has 1 aromatic carbocycles. The number of fused-ring (bicyclic) bond motifs is 1. The molecule has 0 aliphatic heterocycles. The van der Waals surface area contributed by atoms with E-state index < -0.39 is 0 Å². The Morgan fingerprint density at radius 2 is 2.17 bits per heavy atom. The van der Waals surface area contributed by atoms with Crippen LogP contribution in [-0.4, -0.2) is 21.5 Å². The van der Waals surface area contributed by atoms with E-state index in [1.54, 1.807) is 0 Å². The summed E-state index contributed by atoms with van der Waals surface area (Å²) in [4.78, 5) is 16.4. The van der Waals surface area contributed by atoms with Gasteiger partial charge in [-0.15, -0.1) is 0 Å². The zero-order chi connectivity index (χ0) is 13.1. The maximum Gasteiger partial charge on any atom is 0.240 e. The highest BCUT2D eigenvalue weighted by Gasteiger charge is 2.11. The molecule has 18 heavy (non-hydrogen) atoms. The van der Waals surface area contributed by atoms with Crippen molar-refractivity contribution in [1.29, 1.82) is 0 Å². The van der Waals surface area contributed by atoms with Crippen molar-refractivity contribution in [2.45, 2.75) is 39.8 Å². The van der Waals surface area contributed by atoms with Crippen LogP contribution in [0.4, 0.5) is 0 Å². The van der Waals surface area contributed by atoms with Crippen molar-refractivity contribution < 1.29 is 4.79 Å². The summed E-state index contributed by atoms with van der Waals surface area (Å²) in [5.41, 5.74) is 1.95. The predicted octanol–water partition coefficient (Wildman–Crippen LogP) is 2.26. The van der Waals surface area contributed by atoms with Crippen molar-refractivity contribution in [3.8, 4) is 0 Å². The van der Waals surface area contributed by atoms with Gasteiger partial charge in [0.25, 0.3) is 0 Å². The summed E-state index contributed by atoms with van der Waals surface area (Å²) in [5.74, 6) is 0.908. The SMILES string of the molecule is CCC(C)NC(=O)Cn1c(C)nc2ccccc21. The van der Waals surface area contributed by atoms with Crippen molar-refractivity contribution in [2.75, 3.05) is 0 Å². The summed E-state index contributed by atoms with van der Waals surface area (Å²) in [6, 6.07) is 8.09. The van der Waals surface area contributed by atoms with Crippen molar-refractivity contribution in [2.24, 2.45) is 0 Å². The number of carbonyl (C=O) groups excluding carboxylic acids is 1. The number of nitrogens with zero attached hydrogens (tertiary/aromatic N) is 2. The van der Waals surface area contributed by atoms with E-state index >= 15 is 0 Å². The molecule has 0 bridgehead atoms. The van der Waals surface area contributed by atoms with E-state index in [-0.39, 0.29) is 11.9 Å². The fraction of sp³-hybridized carbons (Fsp3) is 0.429. The van der Waals surface area contributed by atoms with Gasteiger partial charge in [-0.25, -0.2) is 4.98 Å². The molecule has 0 fully saturated rings. The minimum atomic E-state index is 0.0376. The fourth-order valence-corrected chi connectivity index (χ4v) is 1.96. The Hall–Kier alpha value is -1.84. The Labute approximate surface area is 107 Å².